The lowest BCUT2D eigenvalue weighted by atomic mass is 10.2. The highest BCUT2D eigenvalue weighted by atomic mass is 127. The van der Waals surface area contributed by atoms with Crippen LogP contribution in [0.1, 0.15) is 33.1 Å². The van der Waals surface area contributed by atoms with Gasteiger partial charge in [0.15, 0.2) is 5.96 Å². The predicted octanol–water partition coefficient (Wildman–Crippen LogP) is 2.53. The van der Waals surface area contributed by atoms with Gasteiger partial charge in [-0.15, -0.1) is 30.6 Å². The zero-order chi connectivity index (χ0) is 11.1. The Morgan fingerprint density at radius 1 is 1.50 bits per heavy atom. The van der Waals surface area contributed by atoms with E-state index in [2.05, 4.69) is 36.1 Å². The lowest BCUT2D eigenvalue weighted by Crippen LogP contribution is -2.39. The van der Waals surface area contributed by atoms with Crippen LogP contribution in [0.4, 0.5) is 0 Å². The second-order valence-electron chi connectivity index (χ2n) is 4.04. The molecule has 2 N–H and O–H groups in total. The average Bonchev–Trinajstić information content (AvgIpc) is 2.94. The Balaban J connectivity index is 0.00000225. The van der Waals surface area contributed by atoms with Crippen LogP contribution in [0.2, 0.25) is 0 Å². The molecule has 1 aliphatic carbocycles. The molecule has 94 valence electrons. The van der Waals surface area contributed by atoms with Gasteiger partial charge in [0.2, 0.25) is 0 Å². The first-order valence-corrected chi connectivity index (χ1v) is 5.97. The molecule has 3 nitrogen and oxygen atoms in total. The molecule has 0 radical (unpaired) electrons. The molecule has 0 aromatic carbocycles. The van der Waals surface area contributed by atoms with E-state index in [1.807, 2.05) is 6.08 Å². The third kappa shape index (κ3) is 5.72. The predicted molar refractivity (Wildman–Crippen MR) is 81.5 cm³/mol. The lowest BCUT2D eigenvalue weighted by molar-refractivity contribution is 0.656. The van der Waals surface area contributed by atoms with Crippen LogP contribution in [0.15, 0.2) is 17.6 Å². The fraction of sp³-hybridized carbons (Fsp3) is 0.750. The van der Waals surface area contributed by atoms with Gasteiger partial charge in [0, 0.05) is 12.6 Å². The second-order valence-corrected chi connectivity index (χ2v) is 4.04. The van der Waals surface area contributed by atoms with Crippen molar-refractivity contribution in [2.45, 2.75) is 39.2 Å². The number of nitrogens with one attached hydrogen (secondary N) is 2. The quantitative estimate of drug-likeness (QED) is 0.338. The van der Waals surface area contributed by atoms with Crippen molar-refractivity contribution >= 4 is 29.9 Å². The summed E-state index contributed by atoms with van der Waals surface area (Å²) < 4.78 is 0. The minimum atomic E-state index is 0. The summed E-state index contributed by atoms with van der Waals surface area (Å²) in [6, 6.07) is 0.646. The van der Waals surface area contributed by atoms with Gasteiger partial charge in [0.05, 0.1) is 6.54 Å². The van der Waals surface area contributed by atoms with Crippen molar-refractivity contribution < 1.29 is 0 Å². The summed E-state index contributed by atoms with van der Waals surface area (Å²) in [7, 11) is 0. The standard InChI is InChI=1S/C12H23N3.HI/c1-4-7-10-9-11(10)15-12(13-6-3)14-8-5-2;/h5,10-11H,2,4,6-9H2,1,3H3,(H2,13,14,15);1H. The van der Waals surface area contributed by atoms with E-state index in [0.717, 1.165) is 18.4 Å². The molecule has 16 heavy (non-hydrogen) atoms. The number of aliphatic imine (C=N–C) groups is 1. The fourth-order valence-corrected chi connectivity index (χ4v) is 1.77. The topological polar surface area (TPSA) is 36.4 Å². The molecular weight excluding hydrogens is 313 g/mol. The molecule has 0 aromatic rings. The molecule has 1 fully saturated rings. The van der Waals surface area contributed by atoms with Crippen LogP contribution in [-0.4, -0.2) is 25.1 Å². The Kier molecular flexibility index (Phi) is 8.70. The maximum Gasteiger partial charge on any atom is 0.191 e. The first kappa shape index (κ1) is 15.7. The van der Waals surface area contributed by atoms with Gasteiger partial charge >= 0.3 is 0 Å². The van der Waals surface area contributed by atoms with Crippen LogP contribution in [0, 0.1) is 5.92 Å². The maximum atomic E-state index is 4.38. The number of hydrogen-bond acceptors (Lipinski definition) is 1. The van der Waals surface area contributed by atoms with Gasteiger partial charge in [-0.2, -0.15) is 0 Å². The van der Waals surface area contributed by atoms with Crippen molar-refractivity contribution in [3.8, 4) is 0 Å². The van der Waals surface area contributed by atoms with E-state index in [9.17, 15) is 0 Å². The van der Waals surface area contributed by atoms with E-state index in [4.69, 9.17) is 0 Å². The molecule has 0 bridgehead atoms. The van der Waals surface area contributed by atoms with Crippen LogP contribution in [0.5, 0.6) is 0 Å². The summed E-state index contributed by atoms with van der Waals surface area (Å²) in [6.07, 6.45) is 5.73. The second kappa shape index (κ2) is 8.84. The zero-order valence-corrected chi connectivity index (χ0v) is 12.7. The minimum absolute atomic E-state index is 0. The maximum absolute atomic E-state index is 4.38. The van der Waals surface area contributed by atoms with Crippen LogP contribution in [0.25, 0.3) is 0 Å². The van der Waals surface area contributed by atoms with Gasteiger partial charge in [-0.05, 0) is 25.7 Å². The smallest absolute Gasteiger partial charge is 0.191 e. The van der Waals surface area contributed by atoms with Gasteiger partial charge in [-0.3, -0.25) is 0 Å². The molecule has 0 aromatic heterocycles. The molecule has 2 unspecified atom stereocenters. The van der Waals surface area contributed by atoms with Gasteiger partial charge in [-0.1, -0.05) is 19.4 Å². The SMILES string of the molecule is C=CCN=C(NCC)NC1CC1CCC.I. The van der Waals surface area contributed by atoms with Crippen LogP contribution in [-0.2, 0) is 0 Å². The molecule has 0 amide bonds. The number of rotatable bonds is 6. The number of halogens is 1. The minimum Gasteiger partial charge on any atom is -0.357 e. The van der Waals surface area contributed by atoms with Crippen LogP contribution >= 0.6 is 24.0 Å². The van der Waals surface area contributed by atoms with E-state index in [-0.39, 0.29) is 24.0 Å². The normalized spacial score (nSPS) is 23.2. The van der Waals surface area contributed by atoms with Crippen LogP contribution in [0.3, 0.4) is 0 Å². The molecular formula is C12H24IN3. The van der Waals surface area contributed by atoms with Crippen molar-refractivity contribution in [3.05, 3.63) is 12.7 Å². The summed E-state index contributed by atoms with van der Waals surface area (Å²) >= 11 is 0. The van der Waals surface area contributed by atoms with Gasteiger partial charge in [0.1, 0.15) is 0 Å². The molecule has 1 saturated carbocycles. The van der Waals surface area contributed by atoms with Crippen molar-refractivity contribution in [1.29, 1.82) is 0 Å². The number of guanidine groups is 1. The summed E-state index contributed by atoms with van der Waals surface area (Å²) in [6.45, 7) is 9.59. The molecule has 4 heteroatoms. The summed E-state index contributed by atoms with van der Waals surface area (Å²) in [5, 5.41) is 6.70. The number of nitrogens with zero attached hydrogens (tertiary/aromatic N) is 1. The Morgan fingerprint density at radius 2 is 2.25 bits per heavy atom. The monoisotopic (exact) mass is 337 g/mol. The Hall–Kier alpha value is -0.260. The molecule has 0 saturated heterocycles. The molecule has 0 aliphatic heterocycles. The molecule has 0 spiro atoms. The average molecular weight is 337 g/mol. The Labute approximate surface area is 116 Å². The molecule has 1 rings (SSSR count). The summed E-state index contributed by atoms with van der Waals surface area (Å²) in [4.78, 5) is 4.38. The Morgan fingerprint density at radius 3 is 2.81 bits per heavy atom. The van der Waals surface area contributed by atoms with E-state index in [0.29, 0.717) is 12.6 Å². The molecule has 2 atom stereocenters. The van der Waals surface area contributed by atoms with Crippen molar-refractivity contribution in [2.24, 2.45) is 10.9 Å². The third-order valence-electron chi connectivity index (χ3n) is 2.63. The van der Waals surface area contributed by atoms with E-state index in [1.54, 1.807) is 0 Å². The lowest BCUT2D eigenvalue weighted by Gasteiger charge is -2.10. The van der Waals surface area contributed by atoms with Gasteiger partial charge in [-0.25, -0.2) is 4.99 Å². The third-order valence-corrected chi connectivity index (χ3v) is 2.63. The first-order valence-electron chi connectivity index (χ1n) is 5.97. The highest BCUT2D eigenvalue weighted by Crippen LogP contribution is 2.34. The van der Waals surface area contributed by atoms with E-state index < -0.39 is 0 Å². The summed E-state index contributed by atoms with van der Waals surface area (Å²) in [5.74, 6) is 1.79. The van der Waals surface area contributed by atoms with E-state index in [1.165, 1.54) is 19.3 Å². The van der Waals surface area contributed by atoms with Crippen molar-refractivity contribution in [2.75, 3.05) is 13.1 Å². The highest BCUT2D eigenvalue weighted by Gasteiger charge is 2.36. The molecule has 0 heterocycles. The highest BCUT2D eigenvalue weighted by molar-refractivity contribution is 14.0. The summed E-state index contributed by atoms with van der Waals surface area (Å²) in [5.41, 5.74) is 0. The van der Waals surface area contributed by atoms with Gasteiger partial charge in [0.25, 0.3) is 0 Å². The van der Waals surface area contributed by atoms with E-state index >= 15 is 0 Å². The Bertz CT molecular complexity index is 228. The number of hydrogen-bond donors (Lipinski definition) is 2. The van der Waals surface area contributed by atoms with Crippen LogP contribution < -0.4 is 10.6 Å². The van der Waals surface area contributed by atoms with Crippen molar-refractivity contribution in [3.63, 3.8) is 0 Å². The fourth-order valence-electron chi connectivity index (χ4n) is 1.77. The zero-order valence-electron chi connectivity index (χ0n) is 10.3. The first-order chi connectivity index (χ1) is 7.31. The largest absolute Gasteiger partial charge is 0.357 e. The van der Waals surface area contributed by atoms with Crippen molar-refractivity contribution in [1.82, 2.24) is 10.6 Å². The van der Waals surface area contributed by atoms with Gasteiger partial charge < -0.3 is 10.6 Å². The molecule has 1 aliphatic rings.